The van der Waals surface area contributed by atoms with E-state index in [2.05, 4.69) is 33.4 Å². The summed E-state index contributed by atoms with van der Waals surface area (Å²) in [5, 5.41) is 7.33. The Balaban J connectivity index is 1.46. The molecule has 0 unspecified atom stereocenters. The normalized spacial score (nSPS) is 16.3. The topological polar surface area (TPSA) is 75.0 Å². The van der Waals surface area contributed by atoms with Gasteiger partial charge in [-0.05, 0) is 42.5 Å². The minimum Gasteiger partial charge on any atom is -0.455 e. The number of carbonyl (C=O) groups is 1. The molecule has 2 heterocycles. The standard InChI is InChI=1S/C19H20N4O2S/c1-23(16-8-4-6-13-5-2-3-7-15(13)16)18(24)17-10-9-14(25-17)11-26-19-20-12-21-22-19/h2-3,5,7,9-10,12,16H,4,6,8,11H2,1H3,(H,20,21,22)/t16-/m0/s1. The Morgan fingerprint density at radius 1 is 1.35 bits per heavy atom. The smallest absolute Gasteiger partial charge is 0.289 e. The third-order valence-corrected chi connectivity index (χ3v) is 5.64. The van der Waals surface area contributed by atoms with Gasteiger partial charge in [-0.1, -0.05) is 36.0 Å². The van der Waals surface area contributed by atoms with Crippen molar-refractivity contribution in [3.8, 4) is 0 Å². The number of aromatic nitrogens is 3. The second-order valence-electron chi connectivity index (χ2n) is 6.37. The number of hydrogen-bond donors (Lipinski definition) is 1. The molecule has 1 atom stereocenters. The summed E-state index contributed by atoms with van der Waals surface area (Å²) < 4.78 is 5.77. The first-order valence-electron chi connectivity index (χ1n) is 8.64. The summed E-state index contributed by atoms with van der Waals surface area (Å²) in [5.74, 6) is 1.64. The van der Waals surface area contributed by atoms with Gasteiger partial charge in [-0.15, -0.1) is 0 Å². The number of nitrogens with one attached hydrogen (secondary N) is 1. The van der Waals surface area contributed by atoms with Crippen molar-refractivity contribution >= 4 is 17.7 Å². The van der Waals surface area contributed by atoms with Crippen LogP contribution in [0.25, 0.3) is 0 Å². The van der Waals surface area contributed by atoms with E-state index in [1.54, 1.807) is 6.07 Å². The van der Waals surface area contributed by atoms with Crippen LogP contribution in [0.5, 0.6) is 0 Å². The van der Waals surface area contributed by atoms with E-state index in [9.17, 15) is 4.79 Å². The molecule has 3 aromatic rings. The number of nitrogens with zero attached hydrogens (tertiary/aromatic N) is 3. The zero-order valence-corrected chi connectivity index (χ0v) is 15.3. The SMILES string of the molecule is CN(C(=O)c1ccc(CSc2ncn[nH]2)o1)[C@H]1CCCc2ccccc21. The maximum atomic E-state index is 12.9. The fraction of sp³-hybridized carbons (Fsp3) is 0.316. The molecular weight excluding hydrogens is 348 g/mol. The van der Waals surface area contributed by atoms with Crippen molar-refractivity contribution in [3.05, 3.63) is 65.4 Å². The van der Waals surface area contributed by atoms with Gasteiger partial charge in [0.05, 0.1) is 11.8 Å². The molecule has 0 fully saturated rings. The van der Waals surface area contributed by atoms with Crippen LogP contribution >= 0.6 is 11.8 Å². The number of benzene rings is 1. The van der Waals surface area contributed by atoms with Crippen molar-refractivity contribution in [2.75, 3.05) is 7.05 Å². The van der Waals surface area contributed by atoms with Gasteiger partial charge in [0.1, 0.15) is 12.1 Å². The highest BCUT2D eigenvalue weighted by molar-refractivity contribution is 7.98. The van der Waals surface area contributed by atoms with Gasteiger partial charge in [-0.2, -0.15) is 5.10 Å². The second-order valence-corrected chi connectivity index (χ2v) is 7.33. The number of carbonyl (C=O) groups excluding carboxylic acids is 1. The number of hydrogen-bond acceptors (Lipinski definition) is 5. The molecule has 1 aliphatic carbocycles. The lowest BCUT2D eigenvalue weighted by Crippen LogP contribution is -2.33. The lowest BCUT2D eigenvalue weighted by atomic mass is 9.87. The first kappa shape index (κ1) is 16.9. The summed E-state index contributed by atoms with van der Waals surface area (Å²) in [5.41, 5.74) is 2.59. The molecular formula is C19H20N4O2S. The lowest BCUT2D eigenvalue weighted by molar-refractivity contribution is 0.0681. The maximum absolute atomic E-state index is 12.9. The molecule has 0 radical (unpaired) electrons. The Bertz CT molecular complexity index is 891. The predicted molar refractivity (Wildman–Crippen MR) is 98.9 cm³/mol. The van der Waals surface area contributed by atoms with E-state index in [1.165, 1.54) is 29.2 Å². The average Bonchev–Trinajstić information content (AvgIpc) is 3.36. The van der Waals surface area contributed by atoms with Gasteiger partial charge < -0.3 is 9.32 Å². The van der Waals surface area contributed by atoms with E-state index in [4.69, 9.17) is 4.42 Å². The number of fused-ring (bicyclic) bond motifs is 1. The van der Waals surface area contributed by atoms with Crippen LogP contribution in [0.3, 0.4) is 0 Å². The predicted octanol–water partition coefficient (Wildman–Crippen LogP) is 3.84. The minimum atomic E-state index is -0.0809. The molecule has 2 aromatic heterocycles. The van der Waals surface area contributed by atoms with Gasteiger partial charge in [0.15, 0.2) is 10.9 Å². The van der Waals surface area contributed by atoms with E-state index in [-0.39, 0.29) is 11.9 Å². The molecule has 26 heavy (non-hydrogen) atoms. The van der Waals surface area contributed by atoms with Crippen LogP contribution in [0.4, 0.5) is 0 Å². The summed E-state index contributed by atoms with van der Waals surface area (Å²) in [7, 11) is 1.86. The largest absolute Gasteiger partial charge is 0.455 e. The van der Waals surface area contributed by atoms with Gasteiger partial charge >= 0.3 is 0 Å². The third kappa shape index (κ3) is 3.39. The summed E-state index contributed by atoms with van der Waals surface area (Å²) in [6.45, 7) is 0. The van der Waals surface area contributed by atoms with Crippen LogP contribution in [0.15, 0.2) is 52.3 Å². The highest BCUT2D eigenvalue weighted by atomic mass is 32.2. The number of thioether (sulfide) groups is 1. The fourth-order valence-corrected chi connectivity index (χ4v) is 4.09. The van der Waals surface area contributed by atoms with Gasteiger partial charge in [-0.3, -0.25) is 9.89 Å². The first-order chi connectivity index (χ1) is 12.7. The molecule has 0 spiro atoms. The number of amides is 1. The van der Waals surface area contributed by atoms with Crippen molar-refractivity contribution in [2.24, 2.45) is 0 Å². The zero-order chi connectivity index (χ0) is 17.9. The molecule has 4 rings (SSSR count). The highest BCUT2D eigenvalue weighted by Crippen LogP contribution is 2.34. The molecule has 0 bridgehead atoms. The van der Waals surface area contributed by atoms with Crippen molar-refractivity contribution < 1.29 is 9.21 Å². The van der Waals surface area contributed by atoms with E-state index in [1.807, 2.05) is 24.1 Å². The molecule has 134 valence electrons. The third-order valence-electron chi connectivity index (χ3n) is 4.74. The molecule has 6 nitrogen and oxygen atoms in total. The van der Waals surface area contributed by atoms with E-state index >= 15 is 0 Å². The van der Waals surface area contributed by atoms with Gasteiger partial charge in [0.2, 0.25) is 0 Å². The second kappa shape index (κ2) is 7.37. The Labute approximate surface area is 156 Å². The Morgan fingerprint density at radius 3 is 3.08 bits per heavy atom. The summed E-state index contributed by atoms with van der Waals surface area (Å²) in [6, 6.07) is 12.1. The summed E-state index contributed by atoms with van der Waals surface area (Å²) >= 11 is 1.48. The van der Waals surface area contributed by atoms with Crippen LogP contribution in [-0.2, 0) is 12.2 Å². The first-order valence-corrected chi connectivity index (χ1v) is 9.63. The van der Waals surface area contributed by atoms with Crippen molar-refractivity contribution in [3.63, 3.8) is 0 Å². The van der Waals surface area contributed by atoms with Crippen LogP contribution in [-0.4, -0.2) is 33.0 Å². The lowest BCUT2D eigenvalue weighted by Gasteiger charge is -2.32. The molecule has 1 amide bonds. The van der Waals surface area contributed by atoms with Crippen LogP contribution in [0.1, 0.15) is 46.3 Å². The molecule has 0 saturated heterocycles. The Hall–Kier alpha value is -2.54. The van der Waals surface area contributed by atoms with E-state index < -0.39 is 0 Å². The van der Waals surface area contributed by atoms with Crippen molar-refractivity contribution in [1.82, 2.24) is 20.1 Å². The van der Waals surface area contributed by atoms with Crippen LogP contribution in [0.2, 0.25) is 0 Å². The van der Waals surface area contributed by atoms with E-state index in [0.717, 1.165) is 30.2 Å². The molecule has 0 aliphatic heterocycles. The number of H-pyrrole nitrogens is 1. The van der Waals surface area contributed by atoms with Gasteiger partial charge in [0, 0.05) is 7.05 Å². The number of aromatic amines is 1. The Morgan fingerprint density at radius 2 is 2.23 bits per heavy atom. The molecule has 7 heteroatoms. The number of aryl methyl sites for hydroxylation is 1. The monoisotopic (exact) mass is 368 g/mol. The molecule has 1 N–H and O–H groups in total. The van der Waals surface area contributed by atoms with Gasteiger partial charge in [0.25, 0.3) is 5.91 Å². The summed E-state index contributed by atoms with van der Waals surface area (Å²) in [4.78, 5) is 18.8. The minimum absolute atomic E-state index is 0.0809. The Kier molecular flexibility index (Phi) is 4.79. The number of rotatable bonds is 5. The fourth-order valence-electron chi connectivity index (χ4n) is 3.42. The van der Waals surface area contributed by atoms with E-state index in [0.29, 0.717) is 11.5 Å². The summed E-state index contributed by atoms with van der Waals surface area (Å²) in [6.07, 6.45) is 4.62. The molecule has 1 aromatic carbocycles. The maximum Gasteiger partial charge on any atom is 0.289 e. The molecule has 1 aliphatic rings. The van der Waals surface area contributed by atoms with Crippen molar-refractivity contribution in [2.45, 2.75) is 36.2 Å². The van der Waals surface area contributed by atoms with Gasteiger partial charge in [-0.25, -0.2) is 4.98 Å². The quantitative estimate of drug-likeness (QED) is 0.693. The zero-order valence-electron chi connectivity index (χ0n) is 14.5. The number of furan rings is 1. The van der Waals surface area contributed by atoms with Crippen molar-refractivity contribution in [1.29, 1.82) is 0 Å². The van der Waals surface area contributed by atoms with Crippen LogP contribution in [0, 0.1) is 0 Å². The van der Waals surface area contributed by atoms with Crippen LogP contribution < -0.4 is 0 Å². The average molecular weight is 368 g/mol. The highest BCUT2D eigenvalue weighted by Gasteiger charge is 2.28. The molecule has 0 saturated carbocycles.